The quantitative estimate of drug-likeness (QED) is 0.325. The number of carbonyl (C=O) groups is 1. The first-order valence-electron chi connectivity index (χ1n) is 11.2. The molecular formula is C23H37IN4O3. The summed E-state index contributed by atoms with van der Waals surface area (Å²) >= 11 is 0. The minimum Gasteiger partial charge on any atom is -0.374 e. The second-order valence-corrected chi connectivity index (χ2v) is 8.16. The Bertz CT molecular complexity index is 715. The van der Waals surface area contributed by atoms with Crippen LogP contribution in [0.1, 0.15) is 44.7 Å². The molecule has 174 valence electrons. The highest BCUT2D eigenvalue weighted by Gasteiger charge is 2.30. The van der Waals surface area contributed by atoms with E-state index in [2.05, 4.69) is 41.4 Å². The Morgan fingerprint density at radius 2 is 1.94 bits per heavy atom. The van der Waals surface area contributed by atoms with E-state index in [9.17, 15) is 4.79 Å². The maximum Gasteiger partial charge on any atom is 0.251 e. The Labute approximate surface area is 203 Å². The Morgan fingerprint density at radius 3 is 2.58 bits per heavy atom. The maximum atomic E-state index is 12.6. The van der Waals surface area contributed by atoms with E-state index in [0.29, 0.717) is 32.8 Å². The number of nitrogens with one attached hydrogen (secondary N) is 1. The summed E-state index contributed by atoms with van der Waals surface area (Å²) in [4.78, 5) is 21.6. The minimum atomic E-state index is -0.231. The molecule has 1 amide bonds. The first-order chi connectivity index (χ1) is 14.6. The van der Waals surface area contributed by atoms with E-state index in [4.69, 9.17) is 14.5 Å². The number of piperazine rings is 1. The number of hydrogen-bond acceptors (Lipinski definition) is 4. The van der Waals surface area contributed by atoms with Gasteiger partial charge in [0.05, 0.1) is 19.3 Å². The van der Waals surface area contributed by atoms with Gasteiger partial charge in [-0.1, -0.05) is 24.3 Å². The molecule has 1 atom stereocenters. The van der Waals surface area contributed by atoms with Crippen LogP contribution in [0, 0.1) is 0 Å². The van der Waals surface area contributed by atoms with E-state index >= 15 is 0 Å². The van der Waals surface area contributed by atoms with Gasteiger partial charge in [-0.25, -0.2) is 4.99 Å². The molecule has 1 aromatic carbocycles. The van der Waals surface area contributed by atoms with E-state index in [-0.39, 0.29) is 42.1 Å². The zero-order chi connectivity index (χ0) is 21.3. The molecule has 2 saturated heterocycles. The number of nitrogens with zero attached hydrogens (tertiary/aromatic N) is 3. The zero-order valence-electron chi connectivity index (χ0n) is 19.0. The van der Waals surface area contributed by atoms with Crippen LogP contribution in [0.3, 0.4) is 0 Å². The molecule has 0 saturated carbocycles. The van der Waals surface area contributed by atoms with Gasteiger partial charge in [0.15, 0.2) is 5.96 Å². The predicted octanol–water partition coefficient (Wildman–Crippen LogP) is 3.02. The first kappa shape index (κ1) is 25.9. The average Bonchev–Trinajstić information content (AvgIpc) is 3.30. The number of hydrogen-bond donors (Lipinski definition) is 1. The fraction of sp³-hybridized carbons (Fsp3) is 0.652. The molecule has 2 fully saturated rings. The minimum absolute atomic E-state index is 0. The fourth-order valence-electron chi connectivity index (χ4n) is 3.79. The summed E-state index contributed by atoms with van der Waals surface area (Å²) in [6.45, 7) is 11.9. The second-order valence-electron chi connectivity index (χ2n) is 8.16. The highest BCUT2D eigenvalue weighted by atomic mass is 127. The predicted molar refractivity (Wildman–Crippen MR) is 134 cm³/mol. The third-order valence-corrected chi connectivity index (χ3v) is 5.42. The standard InChI is InChI=1S/C23H36N4O3.HI/c1-4-24-23(25-16-19-7-5-8-20(15-19)17-30-18(2)3)27-12-10-26(11-13-27)22(28)21-9-6-14-29-21;/h5,7-8,15,18,21H,4,6,9-14,16-17H2,1-3H3,(H,24,25);1H. The monoisotopic (exact) mass is 544 g/mol. The molecule has 1 N–H and O–H groups in total. The van der Waals surface area contributed by atoms with E-state index in [1.807, 2.05) is 18.7 Å². The molecule has 0 radical (unpaired) electrons. The summed E-state index contributed by atoms with van der Waals surface area (Å²) in [6, 6.07) is 8.41. The van der Waals surface area contributed by atoms with Crippen LogP contribution in [0.5, 0.6) is 0 Å². The van der Waals surface area contributed by atoms with E-state index < -0.39 is 0 Å². The summed E-state index contributed by atoms with van der Waals surface area (Å²) < 4.78 is 11.3. The molecule has 0 bridgehead atoms. The van der Waals surface area contributed by atoms with Gasteiger partial charge in [-0.15, -0.1) is 24.0 Å². The third-order valence-electron chi connectivity index (χ3n) is 5.42. The SMILES string of the molecule is CCNC(=NCc1cccc(COC(C)C)c1)N1CCN(C(=O)C2CCCO2)CC1.I. The highest BCUT2D eigenvalue weighted by Crippen LogP contribution is 2.16. The van der Waals surface area contributed by atoms with E-state index in [0.717, 1.165) is 38.4 Å². The summed E-state index contributed by atoms with van der Waals surface area (Å²) in [5.41, 5.74) is 2.34. The van der Waals surface area contributed by atoms with Gasteiger partial charge >= 0.3 is 0 Å². The number of amides is 1. The molecule has 2 heterocycles. The second kappa shape index (κ2) is 13.2. The number of aliphatic imine (C=N–C) groups is 1. The van der Waals surface area contributed by atoms with Gasteiger partial charge < -0.3 is 24.6 Å². The van der Waals surface area contributed by atoms with Crippen LogP contribution in [0.15, 0.2) is 29.3 Å². The lowest BCUT2D eigenvalue weighted by Gasteiger charge is -2.37. The molecule has 1 aromatic rings. The van der Waals surface area contributed by atoms with Crippen molar-refractivity contribution in [3.8, 4) is 0 Å². The van der Waals surface area contributed by atoms with Crippen LogP contribution in [-0.4, -0.2) is 73.2 Å². The van der Waals surface area contributed by atoms with Crippen LogP contribution in [-0.2, 0) is 27.4 Å². The van der Waals surface area contributed by atoms with Gasteiger partial charge in [0.25, 0.3) is 5.91 Å². The summed E-state index contributed by atoms with van der Waals surface area (Å²) in [6.07, 6.45) is 1.83. The zero-order valence-corrected chi connectivity index (χ0v) is 21.3. The molecule has 3 rings (SSSR count). The number of benzene rings is 1. The molecule has 8 heteroatoms. The molecule has 31 heavy (non-hydrogen) atoms. The van der Waals surface area contributed by atoms with Crippen molar-refractivity contribution in [2.75, 3.05) is 39.3 Å². The van der Waals surface area contributed by atoms with Crippen molar-refractivity contribution in [1.82, 2.24) is 15.1 Å². The van der Waals surface area contributed by atoms with Crippen molar-refractivity contribution >= 4 is 35.8 Å². The van der Waals surface area contributed by atoms with Crippen LogP contribution >= 0.6 is 24.0 Å². The molecule has 2 aliphatic heterocycles. The van der Waals surface area contributed by atoms with E-state index in [1.54, 1.807) is 0 Å². The van der Waals surface area contributed by atoms with Gasteiger partial charge in [-0.2, -0.15) is 0 Å². The van der Waals surface area contributed by atoms with Crippen molar-refractivity contribution in [3.63, 3.8) is 0 Å². The Balaban J connectivity index is 0.00000341. The highest BCUT2D eigenvalue weighted by molar-refractivity contribution is 14.0. The van der Waals surface area contributed by atoms with Gasteiger partial charge in [0.1, 0.15) is 6.10 Å². The molecular weight excluding hydrogens is 507 g/mol. The number of carbonyl (C=O) groups excluding carboxylic acids is 1. The lowest BCUT2D eigenvalue weighted by atomic mass is 10.1. The van der Waals surface area contributed by atoms with Crippen molar-refractivity contribution in [2.45, 2.75) is 59.0 Å². The van der Waals surface area contributed by atoms with Gasteiger partial charge in [-0.05, 0) is 44.7 Å². The van der Waals surface area contributed by atoms with Crippen LogP contribution in [0.2, 0.25) is 0 Å². The summed E-state index contributed by atoms with van der Waals surface area (Å²) in [7, 11) is 0. The maximum absolute atomic E-state index is 12.6. The molecule has 0 aromatic heterocycles. The fourth-order valence-corrected chi connectivity index (χ4v) is 3.79. The van der Waals surface area contributed by atoms with Crippen molar-refractivity contribution in [3.05, 3.63) is 35.4 Å². The van der Waals surface area contributed by atoms with E-state index in [1.165, 1.54) is 11.1 Å². The molecule has 1 unspecified atom stereocenters. The topological polar surface area (TPSA) is 66.4 Å². The number of halogens is 1. The largest absolute Gasteiger partial charge is 0.374 e. The van der Waals surface area contributed by atoms with Crippen LogP contribution in [0.25, 0.3) is 0 Å². The first-order valence-corrected chi connectivity index (χ1v) is 11.2. The normalized spacial score (nSPS) is 19.5. The average molecular weight is 544 g/mol. The molecule has 2 aliphatic rings. The molecule has 0 aliphatic carbocycles. The lowest BCUT2D eigenvalue weighted by molar-refractivity contribution is -0.142. The van der Waals surface area contributed by atoms with Crippen LogP contribution in [0.4, 0.5) is 0 Å². The number of ether oxygens (including phenoxy) is 2. The Morgan fingerprint density at radius 1 is 1.23 bits per heavy atom. The lowest BCUT2D eigenvalue weighted by Crippen LogP contribution is -2.55. The van der Waals surface area contributed by atoms with Gasteiger partial charge in [-0.3, -0.25) is 4.79 Å². The number of rotatable bonds is 7. The third kappa shape index (κ3) is 7.91. The Kier molecular flexibility index (Phi) is 11.0. The molecule has 0 spiro atoms. The van der Waals surface area contributed by atoms with Crippen molar-refractivity contribution in [2.24, 2.45) is 4.99 Å². The number of guanidine groups is 1. The molecule has 7 nitrogen and oxygen atoms in total. The smallest absolute Gasteiger partial charge is 0.251 e. The van der Waals surface area contributed by atoms with Crippen LogP contribution < -0.4 is 5.32 Å². The van der Waals surface area contributed by atoms with Crippen molar-refractivity contribution < 1.29 is 14.3 Å². The van der Waals surface area contributed by atoms with Gasteiger partial charge in [0, 0.05) is 39.3 Å². The summed E-state index contributed by atoms with van der Waals surface area (Å²) in [5, 5.41) is 3.40. The van der Waals surface area contributed by atoms with Gasteiger partial charge in [0.2, 0.25) is 0 Å². The Hall–Kier alpha value is -1.39. The summed E-state index contributed by atoms with van der Waals surface area (Å²) in [5.74, 6) is 1.06. The van der Waals surface area contributed by atoms with Crippen molar-refractivity contribution in [1.29, 1.82) is 0 Å².